The van der Waals surface area contributed by atoms with Crippen molar-refractivity contribution in [2.75, 3.05) is 22.9 Å². The Morgan fingerprint density at radius 2 is 1.58 bits per heavy atom. The van der Waals surface area contributed by atoms with Gasteiger partial charge in [-0.3, -0.25) is 0 Å². The zero-order chi connectivity index (χ0) is 9.30. The van der Waals surface area contributed by atoms with E-state index in [1.54, 1.807) is 0 Å². The van der Waals surface area contributed by atoms with Crippen molar-refractivity contribution in [3.8, 4) is 0 Å². The quantitative estimate of drug-likeness (QED) is 0.362. The lowest BCUT2D eigenvalue weighted by Gasteiger charge is -2.09. The Labute approximate surface area is 69.2 Å². The molecule has 0 bridgehead atoms. The van der Waals surface area contributed by atoms with Crippen molar-refractivity contribution in [1.82, 2.24) is 4.98 Å². The first-order chi connectivity index (χ1) is 5.57. The third-order valence-electron chi connectivity index (χ3n) is 1.57. The van der Waals surface area contributed by atoms with Crippen molar-refractivity contribution in [1.29, 1.82) is 0 Å². The van der Waals surface area contributed by atoms with Crippen LogP contribution in [-0.2, 0) is 6.61 Å². The summed E-state index contributed by atoms with van der Waals surface area (Å²) in [5.74, 6) is 0.0887. The Balaban J connectivity index is 3.39. The molecule has 0 aromatic carbocycles. The van der Waals surface area contributed by atoms with E-state index in [9.17, 15) is 0 Å². The molecule has 12 heavy (non-hydrogen) atoms. The summed E-state index contributed by atoms with van der Waals surface area (Å²) in [7, 11) is 0. The van der Waals surface area contributed by atoms with E-state index in [1.807, 2.05) is 0 Å². The molecule has 1 aromatic heterocycles. The molecule has 0 fully saturated rings. The van der Waals surface area contributed by atoms with Crippen LogP contribution < -0.4 is 22.9 Å². The van der Waals surface area contributed by atoms with Crippen LogP contribution in [0, 0.1) is 0 Å². The fourth-order valence-electron chi connectivity index (χ4n) is 0.825. The van der Waals surface area contributed by atoms with Gasteiger partial charge in [0.25, 0.3) is 0 Å². The largest absolute Gasteiger partial charge is 0.395 e. The predicted molar refractivity (Wildman–Crippen MR) is 47.8 cm³/mol. The second-order valence-electron chi connectivity index (χ2n) is 2.34. The molecule has 0 saturated heterocycles. The number of nitrogens with zero attached hydrogens (tertiary/aromatic N) is 1. The predicted octanol–water partition coefficient (Wildman–Crippen LogP) is -1.10. The van der Waals surface area contributed by atoms with Crippen molar-refractivity contribution in [2.45, 2.75) is 6.61 Å². The van der Waals surface area contributed by atoms with Crippen LogP contribution in [0.1, 0.15) is 5.69 Å². The Kier molecular flexibility index (Phi) is 1.92. The number of rotatable bonds is 1. The van der Waals surface area contributed by atoms with E-state index in [0.29, 0.717) is 0 Å². The Morgan fingerprint density at radius 1 is 1.00 bits per heavy atom. The van der Waals surface area contributed by atoms with E-state index in [0.717, 1.165) is 0 Å². The van der Waals surface area contributed by atoms with Crippen LogP contribution in [0.5, 0.6) is 0 Å². The van der Waals surface area contributed by atoms with Crippen molar-refractivity contribution in [3.63, 3.8) is 0 Å². The Morgan fingerprint density at radius 3 is 2.08 bits per heavy atom. The first-order valence-corrected chi connectivity index (χ1v) is 3.27. The molecular formula is C6H11N5O. The fraction of sp³-hybridized carbons (Fsp3) is 0.167. The number of pyridine rings is 1. The zero-order valence-electron chi connectivity index (χ0n) is 6.41. The molecule has 0 spiro atoms. The summed E-state index contributed by atoms with van der Waals surface area (Å²) in [6.07, 6.45) is 0. The standard InChI is InChI=1S/C6H11N5O/c7-3-2(1-12)11-6(10)5(9)4(3)8/h12H,1,7,9H2,(H4,8,10,11). The number of hydrogen-bond donors (Lipinski definition) is 5. The number of nitrogen functional groups attached to an aromatic ring is 4. The molecule has 0 saturated carbocycles. The third kappa shape index (κ3) is 1.08. The van der Waals surface area contributed by atoms with Gasteiger partial charge in [-0.2, -0.15) is 0 Å². The van der Waals surface area contributed by atoms with Gasteiger partial charge in [0.15, 0.2) is 0 Å². The second kappa shape index (κ2) is 2.74. The number of nitrogens with two attached hydrogens (primary N) is 4. The lowest BCUT2D eigenvalue weighted by atomic mass is 10.2. The first-order valence-electron chi connectivity index (χ1n) is 3.27. The lowest BCUT2D eigenvalue weighted by Crippen LogP contribution is -2.09. The highest BCUT2D eigenvalue weighted by atomic mass is 16.3. The SMILES string of the molecule is Nc1nc(CO)c(N)c(N)c1N. The van der Waals surface area contributed by atoms with E-state index in [-0.39, 0.29) is 35.2 Å². The molecule has 0 aliphatic carbocycles. The maximum atomic E-state index is 8.76. The fourth-order valence-corrected chi connectivity index (χ4v) is 0.825. The van der Waals surface area contributed by atoms with Gasteiger partial charge in [-0.1, -0.05) is 0 Å². The smallest absolute Gasteiger partial charge is 0.149 e. The van der Waals surface area contributed by atoms with Crippen LogP contribution in [0.3, 0.4) is 0 Å². The minimum atomic E-state index is -0.305. The van der Waals surface area contributed by atoms with E-state index >= 15 is 0 Å². The van der Waals surface area contributed by atoms with Crippen molar-refractivity contribution in [3.05, 3.63) is 5.69 Å². The van der Waals surface area contributed by atoms with E-state index in [2.05, 4.69) is 4.98 Å². The summed E-state index contributed by atoms with van der Waals surface area (Å²) in [4.78, 5) is 3.75. The third-order valence-corrected chi connectivity index (χ3v) is 1.57. The lowest BCUT2D eigenvalue weighted by molar-refractivity contribution is 0.278. The molecule has 6 nitrogen and oxygen atoms in total. The van der Waals surface area contributed by atoms with Crippen molar-refractivity contribution < 1.29 is 5.11 Å². The molecule has 0 atom stereocenters. The summed E-state index contributed by atoms with van der Waals surface area (Å²) in [6, 6.07) is 0. The highest BCUT2D eigenvalue weighted by Gasteiger charge is 2.10. The summed E-state index contributed by atoms with van der Waals surface area (Å²) in [5.41, 5.74) is 22.5. The summed E-state index contributed by atoms with van der Waals surface area (Å²) < 4.78 is 0. The topological polar surface area (TPSA) is 137 Å². The maximum absolute atomic E-state index is 8.76. The minimum absolute atomic E-state index is 0.0887. The van der Waals surface area contributed by atoms with E-state index in [4.69, 9.17) is 28.0 Å². The summed E-state index contributed by atoms with van der Waals surface area (Å²) in [5, 5.41) is 8.76. The maximum Gasteiger partial charge on any atom is 0.149 e. The van der Waals surface area contributed by atoms with E-state index in [1.165, 1.54) is 0 Å². The molecule has 66 valence electrons. The Bertz CT molecular complexity index is 311. The van der Waals surface area contributed by atoms with Gasteiger partial charge < -0.3 is 28.0 Å². The van der Waals surface area contributed by atoms with Gasteiger partial charge in [0, 0.05) is 0 Å². The number of aliphatic hydroxyl groups is 1. The van der Waals surface area contributed by atoms with Gasteiger partial charge >= 0.3 is 0 Å². The average molecular weight is 169 g/mol. The van der Waals surface area contributed by atoms with Gasteiger partial charge in [0.05, 0.1) is 29.4 Å². The molecule has 0 radical (unpaired) electrons. The molecule has 0 amide bonds. The minimum Gasteiger partial charge on any atom is -0.395 e. The molecule has 0 aliphatic heterocycles. The van der Waals surface area contributed by atoms with Gasteiger partial charge in [0.1, 0.15) is 5.82 Å². The summed E-state index contributed by atoms with van der Waals surface area (Å²) in [6.45, 7) is -0.305. The monoisotopic (exact) mass is 169 g/mol. The van der Waals surface area contributed by atoms with Crippen LogP contribution in [0.2, 0.25) is 0 Å². The molecule has 9 N–H and O–H groups in total. The molecule has 0 aliphatic rings. The van der Waals surface area contributed by atoms with Gasteiger partial charge in [-0.15, -0.1) is 0 Å². The first kappa shape index (κ1) is 8.41. The highest BCUT2D eigenvalue weighted by molar-refractivity contribution is 5.84. The van der Waals surface area contributed by atoms with Crippen LogP contribution in [0.15, 0.2) is 0 Å². The molecule has 1 rings (SSSR count). The number of anilines is 4. The van der Waals surface area contributed by atoms with Crippen LogP contribution in [-0.4, -0.2) is 10.1 Å². The highest BCUT2D eigenvalue weighted by Crippen LogP contribution is 2.28. The molecule has 1 aromatic rings. The number of aliphatic hydroxyl groups excluding tert-OH is 1. The molecule has 6 heteroatoms. The molecule has 0 unspecified atom stereocenters. The second-order valence-corrected chi connectivity index (χ2v) is 2.34. The van der Waals surface area contributed by atoms with E-state index < -0.39 is 0 Å². The zero-order valence-corrected chi connectivity index (χ0v) is 6.41. The van der Waals surface area contributed by atoms with Crippen LogP contribution >= 0.6 is 0 Å². The van der Waals surface area contributed by atoms with Gasteiger partial charge in [0.2, 0.25) is 0 Å². The normalized spacial score (nSPS) is 10.1. The molecule has 1 heterocycles. The van der Waals surface area contributed by atoms with Crippen molar-refractivity contribution >= 4 is 22.9 Å². The number of aromatic nitrogens is 1. The van der Waals surface area contributed by atoms with Gasteiger partial charge in [-0.05, 0) is 0 Å². The van der Waals surface area contributed by atoms with Crippen LogP contribution in [0.25, 0.3) is 0 Å². The van der Waals surface area contributed by atoms with Crippen LogP contribution in [0.4, 0.5) is 22.9 Å². The van der Waals surface area contributed by atoms with Crippen molar-refractivity contribution in [2.24, 2.45) is 0 Å². The molecular weight excluding hydrogens is 158 g/mol. The Hall–Kier alpha value is -1.69. The van der Waals surface area contributed by atoms with Gasteiger partial charge in [-0.25, -0.2) is 4.98 Å². The average Bonchev–Trinajstić information content (AvgIpc) is 2.08. The summed E-state index contributed by atoms with van der Waals surface area (Å²) >= 11 is 0. The number of hydrogen-bond acceptors (Lipinski definition) is 6.